The van der Waals surface area contributed by atoms with Crippen molar-refractivity contribution in [3.63, 3.8) is 0 Å². The molecule has 1 unspecified atom stereocenters. The smallest absolute Gasteiger partial charge is 0.254 e. The molecule has 2 aromatic carbocycles. The first-order valence-electron chi connectivity index (χ1n) is 10.7. The molecule has 0 bridgehead atoms. The molecule has 2 aromatic rings. The average molecular weight is 467 g/mol. The van der Waals surface area contributed by atoms with Crippen molar-refractivity contribution in [2.24, 2.45) is 11.0 Å². The molecule has 172 valence electrons. The number of carbonyl (C=O) groups is 3. The second-order valence-electron chi connectivity index (χ2n) is 7.53. The molecule has 2 rings (SSSR count). The summed E-state index contributed by atoms with van der Waals surface area (Å²) in [6, 6.07) is 15.9. The quantitative estimate of drug-likeness (QED) is 0.274. The summed E-state index contributed by atoms with van der Waals surface area (Å²) in [5, 5.41) is 16.3. The summed E-state index contributed by atoms with van der Waals surface area (Å²) in [6.07, 6.45) is 1.14. The molecule has 33 heavy (non-hydrogen) atoms. The van der Waals surface area contributed by atoms with Gasteiger partial charge in [-0.3, -0.25) is 14.4 Å². The van der Waals surface area contributed by atoms with Gasteiger partial charge in [0.1, 0.15) is 6.42 Å². The van der Waals surface area contributed by atoms with Crippen LogP contribution in [0.3, 0.4) is 0 Å². The molecule has 0 spiro atoms. The Hall–Kier alpha value is -3.50. The van der Waals surface area contributed by atoms with Crippen molar-refractivity contribution in [3.8, 4) is 6.07 Å². The van der Waals surface area contributed by atoms with Crippen molar-refractivity contribution in [1.29, 1.82) is 5.26 Å². The van der Waals surface area contributed by atoms with E-state index in [0.717, 1.165) is 5.56 Å². The minimum absolute atomic E-state index is 0.104. The van der Waals surface area contributed by atoms with E-state index in [1.807, 2.05) is 19.9 Å². The number of nitriles is 1. The van der Waals surface area contributed by atoms with Crippen LogP contribution in [0.25, 0.3) is 0 Å². The Bertz CT molecular complexity index is 1060. The standard InChI is InChI=1S/C25H27ClN4O3/c1-3-20(25(33)18-8-5-4-6-9-18)22(29-30-24(32)14-15-27)10-7-11-23(31)28-21-13-12-19(26)16-17(21)2/h4-6,8-9,12-13,16,20H,3,7,10-11,14H2,1-2H3,(H,28,31)(H,30,32)/b29-22+. The third-order valence-corrected chi connectivity index (χ3v) is 5.28. The normalized spacial score (nSPS) is 11.9. The van der Waals surface area contributed by atoms with Gasteiger partial charge in [-0.1, -0.05) is 48.9 Å². The Balaban J connectivity index is 2.09. The number of carbonyl (C=O) groups excluding carboxylic acids is 3. The third kappa shape index (κ3) is 8.17. The fourth-order valence-corrected chi connectivity index (χ4v) is 3.57. The molecule has 0 fully saturated rings. The van der Waals surface area contributed by atoms with E-state index in [1.54, 1.807) is 48.5 Å². The maximum absolute atomic E-state index is 13.1. The number of aryl methyl sites for hydroxylation is 1. The highest BCUT2D eigenvalue weighted by Crippen LogP contribution is 2.21. The molecular weight excluding hydrogens is 440 g/mol. The van der Waals surface area contributed by atoms with Gasteiger partial charge in [-0.25, -0.2) is 5.43 Å². The topological polar surface area (TPSA) is 111 Å². The zero-order valence-electron chi connectivity index (χ0n) is 18.7. The number of ketones is 1. The van der Waals surface area contributed by atoms with Crippen molar-refractivity contribution < 1.29 is 14.4 Å². The van der Waals surface area contributed by atoms with Gasteiger partial charge in [0.25, 0.3) is 5.91 Å². The molecular formula is C25H27ClN4O3. The van der Waals surface area contributed by atoms with Gasteiger partial charge in [-0.2, -0.15) is 10.4 Å². The molecule has 2 N–H and O–H groups in total. The van der Waals surface area contributed by atoms with Crippen LogP contribution >= 0.6 is 11.6 Å². The number of hydrazone groups is 1. The molecule has 0 aliphatic carbocycles. The van der Waals surface area contributed by atoms with E-state index in [4.69, 9.17) is 16.9 Å². The van der Waals surface area contributed by atoms with Gasteiger partial charge in [0.2, 0.25) is 5.91 Å². The number of benzene rings is 2. The first-order valence-corrected chi connectivity index (χ1v) is 11.1. The van der Waals surface area contributed by atoms with E-state index < -0.39 is 11.8 Å². The van der Waals surface area contributed by atoms with Crippen LogP contribution in [-0.4, -0.2) is 23.3 Å². The number of nitrogens with zero attached hydrogens (tertiary/aromatic N) is 2. The average Bonchev–Trinajstić information content (AvgIpc) is 2.80. The Morgan fingerprint density at radius 2 is 1.82 bits per heavy atom. The minimum atomic E-state index is -0.548. The van der Waals surface area contributed by atoms with Crippen LogP contribution in [0.5, 0.6) is 0 Å². The number of nitrogens with one attached hydrogen (secondary N) is 2. The number of hydrogen-bond acceptors (Lipinski definition) is 5. The molecule has 0 saturated heterocycles. The van der Waals surface area contributed by atoms with Gasteiger partial charge < -0.3 is 5.32 Å². The molecule has 2 amide bonds. The second kappa shape index (κ2) is 13.1. The molecule has 1 atom stereocenters. The van der Waals surface area contributed by atoms with Crippen LogP contribution in [0.1, 0.15) is 54.9 Å². The molecule has 8 heteroatoms. The predicted molar refractivity (Wildman–Crippen MR) is 129 cm³/mol. The summed E-state index contributed by atoms with van der Waals surface area (Å²) in [6.45, 7) is 3.73. The molecule has 0 radical (unpaired) electrons. The van der Waals surface area contributed by atoms with Crippen LogP contribution in [0.4, 0.5) is 5.69 Å². The highest BCUT2D eigenvalue weighted by Gasteiger charge is 2.24. The fourth-order valence-electron chi connectivity index (χ4n) is 3.34. The lowest BCUT2D eigenvalue weighted by atomic mass is 9.88. The fraction of sp³-hybridized carbons (Fsp3) is 0.320. The van der Waals surface area contributed by atoms with E-state index in [1.165, 1.54) is 0 Å². The summed E-state index contributed by atoms with van der Waals surface area (Å²) < 4.78 is 0. The zero-order chi connectivity index (χ0) is 24.2. The van der Waals surface area contributed by atoms with Crippen molar-refractivity contribution in [1.82, 2.24) is 5.43 Å². The van der Waals surface area contributed by atoms with Crippen molar-refractivity contribution in [2.45, 2.75) is 46.0 Å². The van der Waals surface area contributed by atoms with Crippen molar-refractivity contribution in [3.05, 3.63) is 64.7 Å². The zero-order valence-corrected chi connectivity index (χ0v) is 19.5. The number of Topliss-reactive ketones (excluding diaryl/α,β-unsaturated/α-hetero) is 1. The van der Waals surface area contributed by atoms with Gasteiger partial charge >= 0.3 is 0 Å². The van der Waals surface area contributed by atoms with E-state index in [0.29, 0.717) is 41.2 Å². The van der Waals surface area contributed by atoms with E-state index >= 15 is 0 Å². The first kappa shape index (κ1) is 25.8. The number of amides is 2. The summed E-state index contributed by atoms with van der Waals surface area (Å²) in [5.74, 6) is -1.37. The molecule has 0 saturated carbocycles. The highest BCUT2D eigenvalue weighted by atomic mass is 35.5. The monoisotopic (exact) mass is 466 g/mol. The van der Waals surface area contributed by atoms with Gasteiger partial charge in [0.15, 0.2) is 5.78 Å². The second-order valence-corrected chi connectivity index (χ2v) is 7.96. The Labute approximate surface area is 198 Å². The molecule has 0 aliphatic heterocycles. The van der Waals surface area contributed by atoms with E-state index in [-0.39, 0.29) is 24.5 Å². The summed E-state index contributed by atoms with van der Waals surface area (Å²) in [7, 11) is 0. The molecule has 0 heterocycles. The number of rotatable bonds is 11. The third-order valence-electron chi connectivity index (χ3n) is 5.05. The summed E-state index contributed by atoms with van der Waals surface area (Å²) >= 11 is 5.96. The Morgan fingerprint density at radius 1 is 1.09 bits per heavy atom. The van der Waals surface area contributed by atoms with E-state index in [2.05, 4.69) is 15.8 Å². The van der Waals surface area contributed by atoms with Gasteiger partial charge in [-0.05, 0) is 49.9 Å². The SMILES string of the molecule is CCC(C(=O)c1ccccc1)/C(CCCC(=O)Nc1ccc(Cl)cc1C)=N/NC(=O)CC#N. The van der Waals surface area contributed by atoms with Crippen LogP contribution in [0.2, 0.25) is 5.02 Å². The van der Waals surface area contributed by atoms with Gasteiger partial charge in [-0.15, -0.1) is 0 Å². The highest BCUT2D eigenvalue weighted by molar-refractivity contribution is 6.30. The van der Waals surface area contributed by atoms with Crippen LogP contribution < -0.4 is 10.7 Å². The molecule has 0 aliphatic rings. The first-order chi connectivity index (χ1) is 15.8. The molecule has 0 aromatic heterocycles. The lowest BCUT2D eigenvalue weighted by Crippen LogP contribution is -2.28. The summed E-state index contributed by atoms with van der Waals surface area (Å²) in [4.78, 5) is 37.2. The van der Waals surface area contributed by atoms with Crippen molar-refractivity contribution >= 4 is 40.6 Å². The Kier molecular flexibility index (Phi) is 10.3. The molecule has 7 nitrogen and oxygen atoms in total. The lowest BCUT2D eigenvalue weighted by Gasteiger charge is -2.17. The van der Waals surface area contributed by atoms with Crippen LogP contribution in [-0.2, 0) is 9.59 Å². The lowest BCUT2D eigenvalue weighted by molar-refractivity contribution is -0.120. The van der Waals surface area contributed by atoms with Crippen LogP contribution in [0.15, 0.2) is 53.6 Å². The largest absolute Gasteiger partial charge is 0.326 e. The predicted octanol–water partition coefficient (Wildman–Crippen LogP) is 5.05. The number of halogens is 1. The Morgan fingerprint density at radius 3 is 2.45 bits per heavy atom. The van der Waals surface area contributed by atoms with Crippen LogP contribution in [0, 0.1) is 24.2 Å². The van der Waals surface area contributed by atoms with Gasteiger partial charge in [0.05, 0.1) is 12.0 Å². The minimum Gasteiger partial charge on any atom is -0.326 e. The van der Waals surface area contributed by atoms with E-state index in [9.17, 15) is 14.4 Å². The number of anilines is 1. The van der Waals surface area contributed by atoms with Gasteiger partial charge in [0, 0.05) is 28.4 Å². The maximum atomic E-state index is 13.1. The number of hydrogen-bond donors (Lipinski definition) is 2. The summed E-state index contributed by atoms with van der Waals surface area (Å²) in [5.41, 5.74) is 4.94. The maximum Gasteiger partial charge on any atom is 0.254 e. The van der Waals surface area contributed by atoms with Crippen molar-refractivity contribution in [2.75, 3.05) is 5.32 Å².